The second-order valence-electron chi connectivity index (χ2n) is 8.08. The summed E-state index contributed by atoms with van der Waals surface area (Å²) >= 11 is 0. The topological polar surface area (TPSA) is 62.2 Å². The van der Waals surface area contributed by atoms with Gasteiger partial charge in [-0.1, -0.05) is 78.9 Å². The number of carbonyl (C=O) groups is 2. The van der Waals surface area contributed by atoms with Crippen LogP contribution in [-0.2, 0) is 20.9 Å². The van der Waals surface area contributed by atoms with Crippen molar-refractivity contribution in [2.75, 3.05) is 12.1 Å². The van der Waals surface area contributed by atoms with Gasteiger partial charge < -0.3 is 9.64 Å². The number of anilines is 1. The molecule has 1 heterocycles. The van der Waals surface area contributed by atoms with Crippen molar-refractivity contribution >= 4 is 23.3 Å². The van der Waals surface area contributed by atoms with Gasteiger partial charge >= 0.3 is 5.97 Å². The molecular weight excluding hydrogens is 414 g/mol. The molecule has 6 heteroatoms. The van der Waals surface area contributed by atoms with Crippen LogP contribution in [0.1, 0.15) is 30.5 Å². The number of hydrogen-bond acceptors (Lipinski definition) is 5. The smallest absolute Gasteiger partial charge is 0.355 e. The Bertz CT molecular complexity index is 1120. The maximum atomic E-state index is 12.9. The van der Waals surface area contributed by atoms with E-state index in [1.807, 2.05) is 96.0 Å². The highest BCUT2D eigenvalue weighted by Crippen LogP contribution is 2.35. The maximum absolute atomic E-state index is 12.9. The predicted octanol–water partition coefficient (Wildman–Crippen LogP) is 4.58. The minimum Gasteiger partial charge on any atom is -0.448 e. The Morgan fingerprint density at radius 2 is 1.55 bits per heavy atom. The van der Waals surface area contributed by atoms with Crippen LogP contribution in [0.25, 0.3) is 0 Å². The molecule has 0 radical (unpaired) electrons. The van der Waals surface area contributed by atoms with E-state index in [-0.39, 0.29) is 11.9 Å². The van der Waals surface area contributed by atoms with E-state index in [9.17, 15) is 9.59 Å². The average molecular weight is 442 g/mol. The van der Waals surface area contributed by atoms with Gasteiger partial charge in [0.25, 0.3) is 5.91 Å². The molecule has 0 fully saturated rings. The molecule has 2 atom stereocenters. The first kappa shape index (κ1) is 22.3. The van der Waals surface area contributed by atoms with E-state index in [2.05, 4.69) is 5.10 Å². The van der Waals surface area contributed by atoms with Crippen LogP contribution in [0.15, 0.2) is 96.1 Å². The normalized spacial score (nSPS) is 16.1. The monoisotopic (exact) mass is 441 g/mol. The molecule has 1 aliphatic heterocycles. The number of carbonyl (C=O) groups excluding carboxylic acids is 2. The molecule has 0 spiro atoms. The van der Waals surface area contributed by atoms with Crippen LogP contribution >= 0.6 is 0 Å². The van der Waals surface area contributed by atoms with Gasteiger partial charge in [-0.3, -0.25) is 9.80 Å². The summed E-state index contributed by atoms with van der Waals surface area (Å²) < 4.78 is 5.54. The molecule has 0 aromatic heterocycles. The average Bonchev–Trinajstić information content (AvgIpc) is 3.31. The van der Waals surface area contributed by atoms with Crippen molar-refractivity contribution in [2.24, 2.45) is 5.10 Å². The van der Waals surface area contributed by atoms with Crippen LogP contribution in [0.2, 0.25) is 0 Å². The first-order valence-corrected chi connectivity index (χ1v) is 11.0. The van der Waals surface area contributed by atoms with E-state index in [0.29, 0.717) is 18.7 Å². The lowest BCUT2D eigenvalue weighted by atomic mass is 10.0. The third-order valence-electron chi connectivity index (χ3n) is 5.62. The van der Waals surface area contributed by atoms with Crippen LogP contribution in [-0.4, -0.2) is 35.6 Å². The Hall–Kier alpha value is -3.93. The Morgan fingerprint density at radius 1 is 0.970 bits per heavy atom. The molecule has 33 heavy (non-hydrogen) atoms. The summed E-state index contributed by atoms with van der Waals surface area (Å²) in [6, 6.07) is 29.2. The number of benzene rings is 3. The zero-order valence-electron chi connectivity index (χ0n) is 18.8. The van der Waals surface area contributed by atoms with Crippen molar-refractivity contribution in [3.8, 4) is 0 Å². The summed E-state index contributed by atoms with van der Waals surface area (Å²) in [5.74, 6) is -0.825. The largest absolute Gasteiger partial charge is 0.448 e. The van der Waals surface area contributed by atoms with Gasteiger partial charge in [0.15, 0.2) is 6.10 Å². The molecule has 1 amide bonds. The van der Waals surface area contributed by atoms with Gasteiger partial charge in [0.05, 0.1) is 11.7 Å². The summed E-state index contributed by atoms with van der Waals surface area (Å²) in [7, 11) is 1.70. The molecule has 0 saturated heterocycles. The number of hydrazone groups is 1. The SMILES string of the molecule is C[C@@H](OC(=O)C1=NN(c2ccccc2)[C@H](c2ccccc2)C1)C(=O)N(C)Cc1ccccc1. The van der Waals surface area contributed by atoms with E-state index in [0.717, 1.165) is 16.8 Å². The van der Waals surface area contributed by atoms with E-state index in [1.54, 1.807) is 18.9 Å². The Kier molecular flexibility index (Phi) is 6.83. The third-order valence-corrected chi connectivity index (χ3v) is 5.62. The third kappa shape index (κ3) is 5.29. The number of para-hydroxylation sites is 1. The highest BCUT2D eigenvalue weighted by Gasteiger charge is 2.34. The van der Waals surface area contributed by atoms with E-state index >= 15 is 0 Å². The lowest BCUT2D eigenvalue weighted by Crippen LogP contribution is -2.38. The van der Waals surface area contributed by atoms with E-state index < -0.39 is 12.1 Å². The summed E-state index contributed by atoms with van der Waals surface area (Å²) in [6.45, 7) is 2.04. The molecule has 1 aliphatic rings. The maximum Gasteiger partial charge on any atom is 0.355 e. The van der Waals surface area contributed by atoms with Gasteiger partial charge in [-0.25, -0.2) is 4.79 Å². The minimum atomic E-state index is -0.908. The van der Waals surface area contributed by atoms with Crippen LogP contribution < -0.4 is 5.01 Å². The number of rotatable bonds is 7. The van der Waals surface area contributed by atoms with E-state index in [4.69, 9.17) is 4.74 Å². The van der Waals surface area contributed by atoms with Gasteiger partial charge in [0.1, 0.15) is 5.71 Å². The van der Waals surface area contributed by atoms with Gasteiger partial charge in [0, 0.05) is 20.0 Å². The first-order valence-electron chi connectivity index (χ1n) is 11.0. The Labute approximate surface area is 194 Å². The van der Waals surface area contributed by atoms with Crippen LogP contribution in [0.5, 0.6) is 0 Å². The molecule has 0 unspecified atom stereocenters. The lowest BCUT2D eigenvalue weighted by Gasteiger charge is -2.23. The highest BCUT2D eigenvalue weighted by atomic mass is 16.5. The minimum absolute atomic E-state index is 0.122. The van der Waals surface area contributed by atoms with Gasteiger partial charge in [-0.05, 0) is 30.2 Å². The molecule has 3 aromatic carbocycles. The van der Waals surface area contributed by atoms with E-state index in [1.165, 1.54) is 0 Å². The fourth-order valence-corrected chi connectivity index (χ4v) is 3.91. The summed E-state index contributed by atoms with van der Waals surface area (Å²) in [4.78, 5) is 27.3. The van der Waals surface area contributed by atoms with Crippen LogP contribution in [0.3, 0.4) is 0 Å². The van der Waals surface area contributed by atoms with Crippen molar-refractivity contribution < 1.29 is 14.3 Å². The lowest BCUT2D eigenvalue weighted by molar-refractivity contribution is -0.153. The second-order valence-corrected chi connectivity index (χ2v) is 8.08. The number of likely N-dealkylation sites (N-methyl/N-ethyl adjacent to an activating group) is 1. The molecule has 0 aliphatic carbocycles. The molecule has 0 N–H and O–H groups in total. The zero-order valence-corrected chi connectivity index (χ0v) is 18.8. The first-order chi connectivity index (χ1) is 16.0. The summed E-state index contributed by atoms with van der Waals surface area (Å²) in [6.07, 6.45) is -0.506. The molecule has 0 saturated carbocycles. The van der Waals surface area contributed by atoms with Gasteiger partial charge in [-0.2, -0.15) is 5.10 Å². The van der Waals surface area contributed by atoms with Crippen molar-refractivity contribution in [3.63, 3.8) is 0 Å². The number of esters is 1. The fourth-order valence-electron chi connectivity index (χ4n) is 3.91. The van der Waals surface area contributed by atoms with Crippen molar-refractivity contribution in [3.05, 3.63) is 102 Å². The molecular formula is C27H27N3O3. The molecule has 6 nitrogen and oxygen atoms in total. The number of nitrogens with zero attached hydrogens (tertiary/aromatic N) is 3. The highest BCUT2D eigenvalue weighted by molar-refractivity contribution is 6.37. The molecule has 3 aromatic rings. The quantitative estimate of drug-likeness (QED) is 0.504. The standard InChI is InChI=1S/C27H27N3O3/c1-20(26(31)29(2)19-21-12-6-3-7-13-21)33-27(32)24-18-25(22-14-8-4-9-15-22)30(28-24)23-16-10-5-11-17-23/h3-17,20,25H,18-19H2,1-2H3/t20-,25+/m1/s1. The summed E-state index contributed by atoms with van der Waals surface area (Å²) in [5.41, 5.74) is 3.26. The fraction of sp³-hybridized carbons (Fsp3) is 0.222. The van der Waals surface area contributed by atoms with Crippen LogP contribution in [0.4, 0.5) is 5.69 Å². The van der Waals surface area contributed by atoms with Crippen LogP contribution in [0, 0.1) is 0 Å². The zero-order chi connectivity index (χ0) is 23.2. The number of ether oxygens (including phenoxy) is 1. The second kappa shape index (κ2) is 10.1. The predicted molar refractivity (Wildman–Crippen MR) is 129 cm³/mol. The molecule has 168 valence electrons. The van der Waals surface area contributed by atoms with Crippen molar-refractivity contribution in [1.82, 2.24) is 4.90 Å². The van der Waals surface area contributed by atoms with Crippen molar-refractivity contribution in [1.29, 1.82) is 0 Å². The number of hydrogen-bond donors (Lipinski definition) is 0. The van der Waals surface area contributed by atoms with Gasteiger partial charge in [0.2, 0.25) is 0 Å². The summed E-state index contributed by atoms with van der Waals surface area (Å²) in [5, 5.41) is 6.44. The Morgan fingerprint density at radius 3 is 2.18 bits per heavy atom. The Balaban J connectivity index is 1.46. The molecule has 0 bridgehead atoms. The number of amides is 1. The van der Waals surface area contributed by atoms with Gasteiger partial charge in [-0.15, -0.1) is 0 Å². The van der Waals surface area contributed by atoms with Crippen molar-refractivity contribution in [2.45, 2.75) is 32.0 Å². The molecule has 4 rings (SSSR count).